The molecule has 0 bridgehead atoms. The van der Waals surface area contributed by atoms with Crippen molar-refractivity contribution in [3.63, 3.8) is 0 Å². The first kappa shape index (κ1) is 43.6. The summed E-state index contributed by atoms with van der Waals surface area (Å²) in [7, 11) is 0. The molecule has 16 heteroatoms. The van der Waals surface area contributed by atoms with Crippen LogP contribution in [0.5, 0.6) is 0 Å². The number of rotatable bonds is 11. The summed E-state index contributed by atoms with van der Waals surface area (Å²) >= 11 is 1.03. The number of hydrogen-bond donors (Lipinski definition) is 3. The molecule has 4 rings (SSSR count). The lowest BCUT2D eigenvalue weighted by atomic mass is 9.92. The van der Waals surface area contributed by atoms with Crippen LogP contribution in [0.1, 0.15) is 104 Å². The number of carboxylic acids is 3. The molecule has 0 aliphatic carbocycles. The van der Waals surface area contributed by atoms with E-state index in [2.05, 4.69) is 30.6 Å². The molecule has 1 aliphatic rings. The van der Waals surface area contributed by atoms with Crippen molar-refractivity contribution in [1.82, 2.24) is 20.2 Å². The highest BCUT2D eigenvalue weighted by Gasteiger charge is 2.51. The van der Waals surface area contributed by atoms with Crippen molar-refractivity contribution in [2.24, 2.45) is 15.2 Å². The molecule has 0 radical (unpaired) electrons. The van der Waals surface area contributed by atoms with Gasteiger partial charge < -0.3 is 24.8 Å². The first-order chi connectivity index (χ1) is 22.1. The number of azo groups is 1. The molecule has 0 amide bonds. The van der Waals surface area contributed by atoms with Crippen molar-refractivity contribution >= 4 is 35.1 Å². The number of aliphatic imine (C=N–C) groups is 1. The molecule has 2 atom stereocenters. The predicted octanol–water partition coefficient (Wildman–Crippen LogP) is 6.49. The fourth-order valence-electron chi connectivity index (χ4n) is 4.65. The maximum atomic E-state index is 12.3. The first-order valence-electron chi connectivity index (χ1n) is 15.0. The molecule has 2 aromatic heterocycles. The van der Waals surface area contributed by atoms with E-state index in [4.69, 9.17) is 14.6 Å². The average molecular weight is 718 g/mol. The lowest BCUT2D eigenvalue weighted by Gasteiger charge is -2.34. The highest BCUT2D eigenvalue weighted by molar-refractivity contribution is 7.12. The Morgan fingerprint density at radius 2 is 1.36 bits per heavy atom. The van der Waals surface area contributed by atoms with Crippen LogP contribution in [0.3, 0.4) is 0 Å². The van der Waals surface area contributed by atoms with E-state index in [-0.39, 0.29) is 50.9 Å². The van der Waals surface area contributed by atoms with E-state index in [1.165, 1.54) is 10.9 Å². The minimum atomic E-state index is -1.81. The van der Waals surface area contributed by atoms with Crippen LogP contribution in [-0.4, -0.2) is 82.7 Å². The van der Waals surface area contributed by atoms with Crippen molar-refractivity contribution < 1.29 is 39.2 Å². The average Bonchev–Trinajstić information content (AvgIpc) is 3.74. The van der Waals surface area contributed by atoms with E-state index in [0.717, 1.165) is 16.9 Å². The van der Waals surface area contributed by atoms with E-state index < -0.39 is 45.9 Å². The topological polar surface area (TPSA) is 211 Å². The molecule has 0 spiro atoms. The summed E-state index contributed by atoms with van der Waals surface area (Å²) in [5.74, 6) is -3.40. The van der Waals surface area contributed by atoms with Crippen molar-refractivity contribution in [3.8, 4) is 0 Å². The molecular formula is C34H51N7O8S. The molecule has 15 nitrogen and oxygen atoms in total. The van der Waals surface area contributed by atoms with Crippen molar-refractivity contribution in [3.05, 3.63) is 63.6 Å². The number of carbonyl (C=O) groups is 3. The number of aromatic nitrogens is 4. The fraction of sp³-hybridized carbons (Fsp3) is 0.559. The Morgan fingerprint density at radius 3 is 1.78 bits per heavy atom. The lowest BCUT2D eigenvalue weighted by Crippen LogP contribution is -2.53. The number of aliphatic carboxylic acids is 2. The van der Waals surface area contributed by atoms with Gasteiger partial charge in [0.1, 0.15) is 4.88 Å². The van der Waals surface area contributed by atoms with Crippen LogP contribution >= 0.6 is 11.3 Å². The van der Waals surface area contributed by atoms with Gasteiger partial charge in [-0.25, -0.2) is 19.4 Å². The minimum Gasteiger partial charge on any atom is -0.479 e. The number of ether oxygens (including phenoxy) is 2. The molecule has 276 valence electrons. The van der Waals surface area contributed by atoms with E-state index >= 15 is 0 Å². The number of tetrazole rings is 1. The van der Waals surface area contributed by atoms with Crippen molar-refractivity contribution in [2.45, 2.75) is 118 Å². The summed E-state index contributed by atoms with van der Waals surface area (Å²) in [6.07, 6.45) is 0.0253. The predicted molar refractivity (Wildman–Crippen MR) is 190 cm³/mol. The van der Waals surface area contributed by atoms with E-state index in [1.54, 1.807) is 26.2 Å². The summed E-state index contributed by atoms with van der Waals surface area (Å²) in [6.45, 7) is 16.4. The van der Waals surface area contributed by atoms with Crippen LogP contribution < -0.4 is 0 Å². The second-order valence-corrected chi connectivity index (χ2v) is 15.0. The quantitative estimate of drug-likeness (QED) is 0.195. The van der Waals surface area contributed by atoms with Gasteiger partial charge in [0.25, 0.3) is 0 Å². The van der Waals surface area contributed by atoms with Crippen LogP contribution in [-0.2, 0) is 43.0 Å². The number of carboxylic acid groups (broad SMARTS) is 3. The van der Waals surface area contributed by atoms with Gasteiger partial charge in [-0.1, -0.05) is 45.2 Å². The maximum Gasteiger partial charge on any atom is 0.345 e. The molecule has 3 heterocycles. The Balaban J connectivity index is 0.000000482. The zero-order valence-corrected chi connectivity index (χ0v) is 29.4. The van der Waals surface area contributed by atoms with Gasteiger partial charge in [-0.05, 0) is 90.1 Å². The Kier molecular flexibility index (Phi) is 14.4. The highest BCUT2D eigenvalue weighted by Crippen LogP contribution is 2.34. The maximum absolute atomic E-state index is 12.3. The van der Waals surface area contributed by atoms with Crippen LogP contribution in [0.25, 0.3) is 0 Å². The first-order valence-corrected chi connectivity index (χ1v) is 15.9. The zero-order chi connectivity index (χ0) is 36.1. The second-order valence-electron chi connectivity index (χ2n) is 14.1. The zero-order valence-electron chi connectivity index (χ0n) is 28.6. The third kappa shape index (κ3) is 11.1. The standard InChI is InChI=1S/C18H26N4O3.C14H17N3O5S.2CH4/c1-16(2,3)22-20-14(19-21-22)18(15(23)24,25-17(4,5)6)12-13-10-8-7-9-11-13;1-13(2,3)22-14(12(20)21,11-15-7-16-17-11)5-8-4-9(10(18)19)23-6-8;;/h7-11H,12H2,1-6H3,(H,23,24);4,6H,5,7H2,1-3H3,(H,18,19)(H,20,21);2*1H4. The smallest absolute Gasteiger partial charge is 0.345 e. The third-order valence-corrected chi connectivity index (χ3v) is 7.42. The minimum absolute atomic E-state index is 0. The summed E-state index contributed by atoms with van der Waals surface area (Å²) in [6, 6.07) is 10.8. The number of thiophene rings is 1. The van der Waals surface area contributed by atoms with Crippen molar-refractivity contribution in [2.75, 3.05) is 6.67 Å². The molecule has 1 aliphatic heterocycles. The van der Waals surface area contributed by atoms with Crippen LogP contribution in [0.4, 0.5) is 0 Å². The molecular weight excluding hydrogens is 666 g/mol. The van der Waals surface area contributed by atoms with Crippen molar-refractivity contribution in [1.29, 1.82) is 0 Å². The number of hydrogen-bond acceptors (Lipinski definition) is 12. The Labute approximate surface area is 297 Å². The Hall–Kier alpha value is -4.41. The summed E-state index contributed by atoms with van der Waals surface area (Å²) in [5.41, 5.74) is -4.07. The number of amidine groups is 1. The van der Waals surface area contributed by atoms with Crippen LogP contribution in [0.15, 0.2) is 57.0 Å². The number of benzene rings is 1. The Bertz CT molecular complexity index is 1670. The molecule has 3 N–H and O–H groups in total. The molecule has 1 aromatic carbocycles. The number of aromatic carboxylic acids is 1. The molecule has 50 heavy (non-hydrogen) atoms. The molecule has 0 fully saturated rings. The van der Waals surface area contributed by atoms with Gasteiger partial charge in [0.15, 0.2) is 12.5 Å². The van der Waals surface area contributed by atoms with Gasteiger partial charge in [-0.3, -0.25) is 0 Å². The molecule has 0 saturated heterocycles. The SMILES string of the molecule is C.C.CC(C)(C)OC(Cc1ccccc1)(C(=O)O)c1nnn(C(C)(C)C)n1.CC(C)(C)OC(Cc1csc(C(=O)O)c1)(C(=O)O)C1=NCN=N1. The van der Waals surface area contributed by atoms with Gasteiger partial charge in [0, 0.05) is 12.8 Å². The molecule has 3 aromatic rings. The second kappa shape index (κ2) is 16.5. The van der Waals surface area contributed by atoms with Gasteiger partial charge in [0.05, 0.1) is 16.7 Å². The van der Waals surface area contributed by atoms with Crippen LogP contribution in [0, 0.1) is 0 Å². The lowest BCUT2D eigenvalue weighted by molar-refractivity contribution is -0.189. The summed E-state index contributed by atoms with van der Waals surface area (Å²) in [4.78, 5) is 40.9. The monoisotopic (exact) mass is 717 g/mol. The largest absolute Gasteiger partial charge is 0.479 e. The highest BCUT2D eigenvalue weighted by atomic mass is 32.1. The third-order valence-electron chi connectivity index (χ3n) is 6.45. The molecule has 2 unspecified atom stereocenters. The summed E-state index contributed by atoms with van der Waals surface area (Å²) in [5, 5.41) is 50.4. The van der Waals surface area contributed by atoms with Crippen LogP contribution in [0.2, 0.25) is 0 Å². The van der Waals surface area contributed by atoms with Gasteiger partial charge in [-0.15, -0.1) is 26.6 Å². The van der Waals surface area contributed by atoms with Gasteiger partial charge in [-0.2, -0.15) is 9.91 Å². The summed E-state index contributed by atoms with van der Waals surface area (Å²) < 4.78 is 11.8. The van der Waals surface area contributed by atoms with Gasteiger partial charge >= 0.3 is 17.9 Å². The van der Waals surface area contributed by atoms with E-state index in [1.807, 2.05) is 71.9 Å². The van der Waals surface area contributed by atoms with Gasteiger partial charge in [0.2, 0.25) is 17.0 Å². The molecule has 0 saturated carbocycles. The number of nitrogens with zero attached hydrogens (tertiary/aromatic N) is 7. The normalized spacial score (nSPS) is 15.3. The van der Waals surface area contributed by atoms with E-state index in [9.17, 15) is 24.6 Å². The Morgan fingerprint density at radius 1 is 0.820 bits per heavy atom. The fourth-order valence-corrected chi connectivity index (χ4v) is 5.40. The van der Waals surface area contributed by atoms with E-state index in [0.29, 0.717) is 5.56 Å².